The maximum atomic E-state index is 10.9. The second-order valence-corrected chi connectivity index (χ2v) is 6.91. The summed E-state index contributed by atoms with van der Waals surface area (Å²) in [4.78, 5) is 15.2. The minimum atomic E-state index is -1.28. The lowest BCUT2D eigenvalue weighted by atomic mass is 9.89. The Morgan fingerprint density at radius 2 is 2.04 bits per heavy atom. The molecule has 3 N–H and O–H groups in total. The summed E-state index contributed by atoms with van der Waals surface area (Å²) in [7, 11) is 6.55. The molecule has 9 heteroatoms. The van der Waals surface area contributed by atoms with Gasteiger partial charge in [-0.3, -0.25) is 9.78 Å². The van der Waals surface area contributed by atoms with Gasteiger partial charge in [0.25, 0.3) is 0 Å². The first-order chi connectivity index (χ1) is 12.7. The van der Waals surface area contributed by atoms with Crippen molar-refractivity contribution in [3.8, 4) is 5.75 Å². The van der Waals surface area contributed by atoms with E-state index in [9.17, 15) is 15.0 Å². The van der Waals surface area contributed by atoms with Gasteiger partial charge < -0.3 is 29.7 Å². The highest BCUT2D eigenvalue weighted by Crippen LogP contribution is 2.33. The average Bonchev–Trinajstić information content (AvgIpc) is 2.59. The first-order valence-electron chi connectivity index (χ1n) is 8.41. The van der Waals surface area contributed by atoms with Gasteiger partial charge in [-0.05, 0) is 32.0 Å². The number of anilines is 1. The van der Waals surface area contributed by atoms with Gasteiger partial charge in [0.1, 0.15) is 24.1 Å². The van der Waals surface area contributed by atoms with Crippen molar-refractivity contribution < 1.29 is 29.2 Å². The molecule has 1 aromatic carbocycles. The van der Waals surface area contributed by atoms with E-state index in [1.54, 1.807) is 38.1 Å². The first kappa shape index (κ1) is 19.6. The molecule has 142 valence electrons. The quantitative estimate of drug-likeness (QED) is 0.692. The highest BCUT2D eigenvalue weighted by atomic mass is 16.7. The number of nitrogens with zero attached hydrogens (tertiary/aromatic N) is 1. The third kappa shape index (κ3) is 4.06. The van der Waals surface area contributed by atoms with Gasteiger partial charge >= 0.3 is 0 Å². The van der Waals surface area contributed by atoms with Gasteiger partial charge in [0, 0.05) is 18.6 Å². The standard InChI is InChI=1S/C18H21BN2O6/c1-18(2)15(25-3)13(22)14(23)16(27-18)26-11-5-4-9-6-10(21-17(19)24)8-20-12(9)7-11/h4-8,13-16,22-23H,1-3H3,(H,21,24)/t13-,14+,15+,16+/m0/s1. The molecule has 8 nitrogen and oxygen atoms in total. The zero-order chi connectivity index (χ0) is 19.8. The Kier molecular flexibility index (Phi) is 5.39. The average molecular weight is 372 g/mol. The van der Waals surface area contributed by atoms with Crippen LogP contribution in [0.3, 0.4) is 0 Å². The zero-order valence-corrected chi connectivity index (χ0v) is 15.2. The molecule has 0 bridgehead atoms. The van der Waals surface area contributed by atoms with Gasteiger partial charge in [0.2, 0.25) is 14.1 Å². The highest BCUT2D eigenvalue weighted by Gasteiger charge is 2.50. The minimum absolute atomic E-state index is 0.411. The number of nitrogens with one attached hydrogen (secondary N) is 1. The molecule has 4 atom stereocenters. The third-order valence-corrected chi connectivity index (χ3v) is 4.47. The Hall–Kier alpha value is -2.20. The summed E-state index contributed by atoms with van der Waals surface area (Å²) in [5.74, 6) is -0.261. The van der Waals surface area contributed by atoms with Crippen LogP contribution in [0.15, 0.2) is 30.5 Å². The van der Waals surface area contributed by atoms with E-state index in [-0.39, 0.29) is 0 Å². The van der Waals surface area contributed by atoms with Crippen LogP contribution in [0.4, 0.5) is 10.5 Å². The molecule has 0 spiro atoms. The molecule has 2 aromatic rings. The van der Waals surface area contributed by atoms with Crippen LogP contribution in [0, 0.1) is 0 Å². The molecule has 0 unspecified atom stereocenters. The summed E-state index contributed by atoms with van der Waals surface area (Å²) in [5, 5.41) is 23.8. The van der Waals surface area contributed by atoms with Gasteiger partial charge in [0.15, 0.2) is 5.81 Å². The number of benzene rings is 1. The summed E-state index contributed by atoms with van der Waals surface area (Å²) in [6, 6.07) is 6.81. The highest BCUT2D eigenvalue weighted by molar-refractivity contribution is 6.60. The van der Waals surface area contributed by atoms with Crippen LogP contribution in [0.2, 0.25) is 0 Å². The summed E-state index contributed by atoms with van der Waals surface area (Å²) >= 11 is 0. The number of hydrogen-bond donors (Lipinski definition) is 3. The molecule has 1 saturated heterocycles. The smallest absolute Gasteiger partial charge is 0.229 e. The first-order valence-corrected chi connectivity index (χ1v) is 8.41. The predicted octanol–water partition coefficient (Wildman–Crippen LogP) is 1.19. The Morgan fingerprint density at radius 3 is 2.70 bits per heavy atom. The van der Waals surface area contributed by atoms with Gasteiger partial charge in [-0.15, -0.1) is 0 Å². The monoisotopic (exact) mass is 372 g/mol. The van der Waals surface area contributed by atoms with Crippen molar-refractivity contribution in [2.45, 2.75) is 44.1 Å². The topological polar surface area (TPSA) is 110 Å². The molecule has 1 aliphatic heterocycles. The molecular weight excluding hydrogens is 351 g/mol. The van der Waals surface area contributed by atoms with Crippen LogP contribution in [0.25, 0.3) is 10.9 Å². The number of pyridine rings is 1. The number of aliphatic hydroxyl groups excluding tert-OH is 2. The fourth-order valence-electron chi connectivity index (χ4n) is 3.22. The minimum Gasteiger partial charge on any atom is -0.462 e. The third-order valence-electron chi connectivity index (χ3n) is 4.47. The van der Waals surface area contributed by atoms with Gasteiger partial charge in [-0.2, -0.15) is 0 Å². The molecule has 0 saturated carbocycles. The second kappa shape index (κ2) is 7.44. The molecule has 1 aliphatic rings. The predicted molar refractivity (Wildman–Crippen MR) is 98.9 cm³/mol. The molecule has 3 rings (SSSR count). The van der Waals surface area contributed by atoms with E-state index in [1.807, 2.05) is 0 Å². The molecular formula is C18H21BN2O6. The molecule has 2 heterocycles. The Morgan fingerprint density at radius 1 is 1.30 bits per heavy atom. The maximum Gasteiger partial charge on any atom is 0.229 e. The van der Waals surface area contributed by atoms with E-state index in [4.69, 9.17) is 22.1 Å². The molecule has 1 aromatic heterocycles. The van der Waals surface area contributed by atoms with Crippen LogP contribution < -0.4 is 10.1 Å². The number of methoxy groups -OCH3 is 1. The largest absolute Gasteiger partial charge is 0.462 e. The Bertz CT molecular complexity index is 846. The van der Waals surface area contributed by atoms with Crippen molar-refractivity contribution in [1.82, 2.24) is 4.98 Å². The van der Waals surface area contributed by atoms with Crippen LogP contribution in [-0.2, 0) is 9.47 Å². The van der Waals surface area contributed by atoms with Crippen molar-refractivity contribution in [2.24, 2.45) is 0 Å². The molecule has 1 fully saturated rings. The van der Waals surface area contributed by atoms with E-state index < -0.39 is 36.0 Å². The SMILES string of the molecule is [B]C(=O)Nc1cnc2cc(O[C@@H]3OC(C)(C)[C@H](OC)[C@@H](O)[C@H]3O)ccc2c1. The summed E-state index contributed by atoms with van der Waals surface area (Å²) in [6.45, 7) is 3.50. The number of ether oxygens (including phenoxy) is 3. The number of carbonyl (C=O) groups excluding carboxylic acids is 1. The fraction of sp³-hybridized carbons (Fsp3) is 0.444. The van der Waals surface area contributed by atoms with Crippen LogP contribution in [0.5, 0.6) is 5.75 Å². The molecule has 1 amide bonds. The second-order valence-electron chi connectivity index (χ2n) is 6.91. The van der Waals surface area contributed by atoms with Crippen LogP contribution in [-0.4, -0.2) is 66.2 Å². The molecule has 0 aliphatic carbocycles. The van der Waals surface area contributed by atoms with Gasteiger partial charge in [-0.1, -0.05) is 0 Å². The number of aromatic nitrogens is 1. The van der Waals surface area contributed by atoms with E-state index in [0.717, 1.165) is 5.39 Å². The van der Waals surface area contributed by atoms with E-state index >= 15 is 0 Å². The summed E-state index contributed by atoms with van der Waals surface area (Å²) < 4.78 is 16.8. The van der Waals surface area contributed by atoms with E-state index in [2.05, 4.69) is 10.3 Å². The van der Waals surface area contributed by atoms with Crippen molar-refractivity contribution in [2.75, 3.05) is 12.4 Å². The molecule has 27 heavy (non-hydrogen) atoms. The maximum absolute atomic E-state index is 10.9. The number of hydrogen-bond acceptors (Lipinski definition) is 7. The van der Waals surface area contributed by atoms with Gasteiger partial charge in [0.05, 0.1) is 23.0 Å². The van der Waals surface area contributed by atoms with Crippen molar-refractivity contribution >= 4 is 30.2 Å². The lowest BCUT2D eigenvalue weighted by molar-refractivity contribution is -0.305. The van der Waals surface area contributed by atoms with Crippen molar-refractivity contribution in [3.63, 3.8) is 0 Å². The van der Waals surface area contributed by atoms with Crippen LogP contribution >= 0.6 is 0 Å². The number of carbonyl (C=O) groups is 1. The van der Waals surface area contributed by atoms with Crippen molar-refractivity contribution in [1.29, 1.82) is 0 Å². The number of rotatable bonds is 4. The Labute approximate surface area is 157 Å². The van der Waals surface area contributed by atoms with Gasteiger partial charge in [-0.25, -0.2) is 0 Å². The number of aliphatic hydroxyl groups is 2. The lowest BCUT2D eigenvalue weighted by Crippen LogP contribution is -2.63. The lowest BCUT2D eigenvalue weighted by Gasteiger charge is -2.46. The fourth-order valence-corrected chi connectivity index (χ4v) is 3.22. The normalized spacial score (nSPS) is 27.3. The molecule has 2 radical (unpaired) electrons. The number of fused-ring (bicyclic) bond motifs is 1. The van der Waals surface area contributed by atoms with Crippen molar-refractivity contribution in [3.05, 3.63) is 30.5 Å². The van der Waals surface area contributed by atoms with E-state index in [0.29, 0.717) is 17.0 Å². The summed E-state index contributed by atoms with van der Waals surface area (Å²) in [5.41, 5.74) is 0.232. The number of amides is 1. The Balaban J connectivity index is 1.80. The van der Waals surface area contributed by atoms with E-state index in [1.165, 1.54) is 13.3 Å². The summed E-state index contributed by atoms with van der Waals surface area (Å²) in [6.07, 6.45) is -2.74. The zero-order valence-electron chi connectivity index (χ0n) is 15.2. The van der Waals surface area contributed by atoms with Crippen LogP contribution in [0.1, 0.15) is 13.8 Å².